The van der Waals surface area contributed by atoms with Crippen LogP contribution in [0.3, 0.4) is 0 Å². The minimum Gasteiger partial charge on any atom is -0.479 e. The fraction of sp³-hybridized carbons (Fsp3) is 0.222. The Hall–Kier alpha value is -5.35. The summed E-state index contributed by atoms with van der Waals surface area (Å²) in [5.41, 5.74) is 2.67. The van der Waals surface area contributed by atoms with Crippen molar-refractivity contribution in [2.24, 2.45) is 5.16 Å². The first-order valence-corrected chi connectivity index (χ1v) is 15.4. The molecule has 0 aliphatic carbocycles. The topological polar surface area (TPSA) is 119 Å². The summed E-state index contributed by atoms with van der Waals surface area (Å²) in [4.78, 5) is 33.5. The van der Waals surface area contributed by atoms with Crippen molar-refractivity contribution >= 4 is 40.4 Å². The summed E-state index contributed by atoms with van der Waals surface area (Å²) in [6.45, 7) is 5.79. The molecule has 11 heteroatoms. The molecule has 2 heterocycles. The highest BCUT2D eigenvalue weighted by atomic mass is 35.5. The summed E-state index contributed by atoms with van der Waals surface area (Å²) in [5, 5.41) is 4.57. The highest BCUT2D eigenvalue weighted by molar-refractivity contribution is 6.37. The van der Waals surface area contributed by atoms with E-state index < -0.39 is 23.6 Å². The number of esters is 2. The first kappa shape index (κ1) is 33.0. The Balaban J connectivity index is 0.000000186. The molecule has 1 aliphatic heterocycles. The number of nitrogens with zero attached hydrogens (tertiary/aromatic N) is 2. The van der Waals surface area contributed by atoms with Crippen LogP contribution in [0.2, 0.25) is 5.02 Å². The van der Waals surface area contributed by atoms with E-state index in [1.807, 2.05) is 60.7 Å². The van der Waals surface area contributed by atoms with Crippen LogP contribution in [0.15, 0.2) is 113 Å². The van der Waals surface area contributed by atoms with Crippen LogP contribution in [-0.4, -0.2) is 42.0 Å². The molecule has 1 atom stereocenters. The van der Waals surface area contributed by atoms with Crippen LogP contribution in [0, 0.1) is 0 Å². The number of oxime groups is 1. The van der Waals surface area contributed by atoms with Crippen molar-refractivity contribution in [3.05, 3.63) is 119 Å². The lowest BCUT2D eigenvalue weighted by atomic mass is 9.82. The molecule has 0 spiro atoms. The van der Waals surface area contributed by atoms with Crippen LogP contribution in [0.25, 0.3) is 11.1 Å². The molecule has 4 aromatic carbocycles. The first-order valence-electron chi connectivity index (χ1n) is 15.0. The smallest absolute Gasteiger partial charge is 0.400 e. The van der Waals surface area contributed by atoms with Gasteiger partial charge < -0.3 is 28.2 Å². The molecule has 6 rings (SSSR count). The lowest BCUT2D eigenvalue weighted by Gasteiger charge is -2.27. The number of halogens is 1. The van der Waals surface area contributed by atoms with Gasteiger partial charge in [-0.3, -0.25) is 0 Å². The molecule has 0 unspecified atom stereocenters. The molecule has 47 heavy (non-hydrogen) atoms. The van der Waals surface area contributed by atoms with Gasteiger partial charge in [-0.25, -0.2) is 9.59 Å². The van der Waals surface area contributed by atoms with E-state index in [2.05, 4.69) is 10.1 Å². The maximum Gasteiger partial charge on any atom is 0.400 e. The normalized spacial score (nSPS) is 13.7. The molecular weight excluding hydrogens is 624 g/mol. The molecule has 10 nitrogen and oxygen atoms in total. The minimum absolute atomic E-state index is 0.117. The summed E-state index contributed by atoms with van der Waals surface area (Å²) in [6, 6.07) is 31.5. The van der Waals surface area contributed by atoms with Gasteiger partial charge in [0.25, 0.3) is 0 Å². The number of oxazole rings is 1. The number of benzene rings is 4. The highest BCUT2D eigenvalue weighted by Crippen LogP contribution is 2.41. The Morgan fingerprint density at radius 3 is 2.09 bits per heavy atom. The maximum absolute atomic E-state index is 12.0. The average Bonchev–Trinajstić information content (AvgIpc) is 3.72. The van der Waals surface area contributed by atoms with E-state index in [-0.39, 0.29) is 6.08 Å². The van der Waals surface area contributed by atoms with Gasteiger partial charge in [0.1, 0.15) is 17.0 Å². The number of ether oxygens (including phenoxy) is 4. The van der Waals surface area contributed by atoms with Gasteiger partial charge in [0.05, 0.1) is 19.6 Å². The summed E-state index contributed by atoms with van der Waals surface area (Å²) < 4.78 is 26.5. The molecule has 0 fully saturated rings. The van der Waals surface area contributed by atoms with Crippen LogP contribution in [0.1, 0.15) is 38.3 Å². The third-order valence-electron chi connectivity index (χ3n) is 7.01. The zero-order valence-corrected chi connectivity index (χ0v) is 26.8. The molecule has 0 N–H and O–H groups in total. The fourth-order valence-corrected chi connectivity index (χ4v) is 4.93. The van der Waals surface area contributed by atoms with Gasteiger partial charge in [0, 0.05) is 22.2 Å². The Morgan fingerprint density at radius 1 is 0.851 bits per heavy atom. The molecular formula is C36H33ClN2O8. The monoisotopic (exact) mass is 656 g/mol. The number of carbonyl (C=O) groups is 2. The standard InChI is InChI=1S/C18H16ClNO5.C18H17NO3/c1-3-22-17(21)11(2)23-13-5-7-14(8-6-13)24-18-20-15-9-4-12(19)10-16(15)25-18;1-2-21-17(20)16-13-18(22-19-16,14-9-5-3-6-10-14)15-11-7-4-8-12-15/h4-11H,3H2,1-2H3;3-12H,2,13H2,1H3/t11-;/m1./s1. The quantitative estimate of drug-likeness (QED) is 0.138. The van der Waals surface area contributed by atoms with Gasteiger partial charge in [0.2, 0.25) is 0 Å². The second kappa shape index (κ2) is 15.3. The van der Waals surface area contributed by atoms with Crippen molar-refractivity contribution in [1.29, 1.82) is 0 Å². The zero-order chi connectivity index (χ0) is 33.2. The molecule has 0 bridgehead atoms. The van der Waals surface area contributed by atoms with Gasteiger partial charge in [-0.15, -0.1) is 0 Å². The Morgan fingerprint density at radius 2 is 1.47 bits per heavy atom. The van der Waals surface area contributed by atoms with E-state index in [4.69, 9.17) is 39.8 Å². The van der Waals surface area contributed by atoms with E-state index in [0.717, 1.165) is 11.1 Å². The van der Waals surface area contributed by atoms with E-state index in [0.29, 0.717) is 53.0 Å². The third kappa shape index (κ3) is 8.09. The summed E-state index contributed by atoms with van der Waals surface area (Å²) in [6.07, 6.45) is -0.209. The number of hydrogen-bond donors (Lipinski definition) is 0. The van der Waals surface area contributed by atoms with Crippen molar-refractivity contribution in [3.63, 3.8) is 0 Å². The fourth-order valence-electron chi connectivity index (χ4n) is 4.77. The van der Waals surface area contributed by atoms with Gasteiger partial charge in [-0.05, 0) is 57.2 Å². The van der Waals surface area contributed by atoms with Gasteiger partial charge >= 0.3 is 18.0 Å². The molecule has 0 radical (unpaired) electrons. The average molecular weight is 657 g/mol. The van der Waals surface area contributed by atoms with E-state index in [9.17, 15) is 9.59 Å². The third-order valence-corrected chi connectivity index (χ3v) is 7.25. The zero-order valence-electron chi connectivity index (χ0n) is 26.1. The number of fused-ring (bicyclic) bond motifs is 1. The van der Waals surface area contributed by atoms with Crippen LogP contribution in [-0.2, 0) is 29.5 Å². The predicted molar refractivity (Wildman–Crippen MR) is 176 cm³/mol. The molecule has 242 valence electrons. The molecule has 0 amide bonds. The number of hydrogen-bond acceptors (Lipinski definition) is 10. The van der Waals surface area contributed by atoms with Crippen LogP contribution < -0.4 is 9.47 Å². The first-order chi connectivity index (χ1) is 22.8. The van der Waals surface area contributed by atoms with Crippen LogP contribution in [0.4, 0.5) is 0 Å². The predicted octanol–water partition coefficient (Wildman–Crippen LogP) is 7.87. The van der Waals surface area contributed by atoms with Crippen LogP contribution in [0.5, 0.6) is 17.6 Å². The number of carbonyl (C=O) groups excluding carboxylic acids is 2. The second-order valence-electron chi connectivity index (χ2n) is 10.3. The Labute approximate surface area is 276 Å². The molecule has 1 aliphatic rings. The SMILES string of the molecule is CCOC(=O)C1=NOC(c2ccccc2)(c2ccccc2)C1.CCOC(=O)[C@@H](C)Oc1ccc(Oc2nc3ccc(Cl)cc3o2)cc1. The number of aromatic nitrogens is 1. The number of rotatable bonds is 10. The van der Waals surface area contributed by atoms with Crippen molar-refractivity contribution < 1.29 is 37.8 Å². The van der Waals surface area contributed by atoms with Crippen molar-refractivity contribution in [3.8, 4) is 17.6 Å². The Bertz CT molecular complexity index is 1790. The highest BCUT2D eigenvalue weighted by Gasteiger charge is 2.45. The second-order valence-corrected chi connectivity index (χ2v) is 10.7. The molecule has 0 saturated carbocycles. The van der Waals surface area contributed by atoms with Crippen molar-refractivity contribution in [2.45, 2.75) is 38.9 Å². The lowest BCUT2D eigenvalue weighted by Crippen LogP contribution is -2.29. The van der Waals surface area contributed by atoms with Gasteiger partial charge in [-0.2, -0.15) is 4.98 Å². The van der Waals surface area contributed by atoms with Crippen molar-refractivity contribution in [2.75, 3.05) is 13.2 Å². The van der Waals surface area contributed by atoms with Gasteiger partial charge in [0.15, 0.2) is 23.0 Å². The summed E-state index contributed by atoms with van der Waals surface area (Å²) in [5.74, 6) is 0.218. The lowest BCUT2D eigenvalue weighted by molar-refractivity contribution is -0.150. The maximum atomic E-state index is 12.0. The Kier molecular flexibility index (Phi) is 10.7. The summed E-state index contributed by atoms with van der Waals surface area (Å²) in [7, 11) is 0. The molecule has 1 aromatic heterocycles. The van der Waals surface area contributed by atoms with E-state index in [1.54, 1.807) is 63.2 Å². The van der Waals surface area contributed by atoms with E-state index in [1.165, 1.54) is 0 Å². The minimum atomic E-state index is -0.773. The van der Waals surface area contributed by atoms with Crippen LogP contribution >= 0.6 is 11.6 Å². The largest absolute Gasteiger partial charge is 0.479 e. The molecule has 0 saturated heterocycles. The molecule has 5 aromatic rings. The van der Waals surface area contributed by atoms with Gasteiger partial charge in [-0.1, -0.05) is 77.4 Å². The van der Waals surface area contributed by atoms with Crippen molar-refractivity contribution in [1.82, 2.24) is 4.98 Å². The van der Waals surface area contributed by atoms with E-state index >= 15 is 0 Å². The summed E-state index contributed by atoms with van der Waals surface area (Å²) >= 11 is 5.91.